The molecule has 0 saturated carbocycles. The van der Waals surface area contributed by atoms with Gasteiger partial charge >= 0.3 is 0 Å². The van der Waals surface area contributed by atoms with Crippen LogP contribution in [0.5, 0.6) is 5.75 Å². The van der Waals surface area contributed by atoms with Crippen LogP contribution in [0.15, 0.2) is 72.8 Å². The highest BCUT2D eigenvalue weighted by Crippen LogP contribution is 2.29. The fourth-order valence-corrected chi connectivity index (χ4v) is 3.85. The molecule has 3 aromatic carbocycles. The minimum Gasteiger partial charge on any atom is -0.494 e. The van der Waals surface area contributed by atoms with Crippen LogP contribution in [0.3, 0.4) is 0 Å². The van der Waals surface area contributed by atoms with Crippen molar-refractivity contribution >= 4 is 40.5 Å². The number of para-hydroxylation sites is 2. The third-order valence-electron chi connectivity index (χ3n) is 5.56. The summed E-state index contributed by atoms with van der Waals surface area (Å²) in [6, 6.07) is 21.3. The van der Waals surface area contributed by atoms with Crippen LogP contribution in [0, 0.1) is 0 Å². The van der Waals surface area contributed by atoms with Crippen LogP contribution >= 0.6 is 0 Å². The zero-order valence-electron chi connectivity index (χ0n) is 19.5. The van der Waals surface area contributed by atoms with E-state index in [0.29, 0.717) is 36.5 Å². The summed E-state index contributed by atoms with van der Waals surface area (Å²) in [5.74, 6) is 0.351. The molecule has 0 radical (unpaired) electrons. The Kier molecular flexibility index (Phi) is 7.62. The average Bonchev–Trinajstić information content (AvgIpc) is 3.30. The van der Waals surface area contributed by atoms with E-state index in [1.807, 2.05) is 31.2 Å². The van der Waals surface area contributed by atoms with Crippen molar-refractivity contribution in [2.24, 2.45) is 0 Å². The second-order valence-electron chi connectivity index (χ2n) is 8.06. The number of benzene rings is 3. The van der Waals surface area contributed by atoms with Gasteiger partial charge in [-0.1, -0.05) is 12.1 Å². The maximum absolute atomic E-state index is 12.5. The van der Waals surface area contributed by atoms with Gasteiger partial charge in [0.1, 0.15) is 5.75 Å². The summed E-state index contributed by atoms with van der Waals surface area (Å²) in [5, 5.41) is 8.77. The summed E-state index contributed by atoms with van der Waals surface area (Å²) in [6.07, 6.45) is 1.38. The highest BCUT2D eigenvalue weighted by molar-refractivity contribution is 6.05. The SMILES string of the molecule is CCOc1ccc(NC(=O)c2ccc(NC(=O)CNc3ccccc3N3CCCC3=O)cc2)cc1. The summed E-state index contributed by atoms with van der Waals surface area (Å²) in [7, 11) is 0. The monoisotopic (exact) mass is 472 g/mol. The van der Waals surface area contributed by atoms with Gasteiger partial charge in [-0.2, -0.15) is 0 Å². The lowest BCUT2D eigenvalue weighted by atomic mass is 10.2. The Balaban J connectivity index is 1.30. The molecule has 1 aliphatic rings. The summed E-state index contributed by atoms with van der Waals surface area (Å²) in [6.45, 7) is 3.22. The van der Waals surface area contributed by atoms with E-state index in [-0.39, 0.29) is 24.3 Å². The molecule has 3 amide bonds. The zero-order chi connectivity index (χ0) is 24.6. The molecule has 0 spiro atoms. The van der Waals surface area contributed by atoms with Crippen molar-refractivity contribution in [1.29, 1.82) is 0 Å². The number of anilines is 4. The Morgan fingerprint density at radius 1 is 0.914 bits per heavy atom. The Morgan fingerprint density at radius 2 is 1.60 bits per heavy atom. The zero-order valence-corrected chi connectivity index (χ0v) is 19.5. The van der Waals surface area contributed by atoms with Crippen LogP contribution in [-0.2, 0) is 9.59 Å². The van der Waals surface area contributed by atoms with Gasteiger partial charge in [-0.25, -0.2) is 0 Å². The van der Waals surface area contributed by atoms with E-state index in [0.717, 1.165) is 23.5 Å². The molecule has 0 aromatic heterocycles. The number of nitrogens with one attached hydrogen (secondary N) is 3. The van der Waals surface area contributed by atoms with Crippen molar-refractivity contribution in [1.82, 2.24) is 0 Å². The first kappa shape index (κ1) is 23.8. The van der Waals surface area contributed by atoms with Crippen LogP contribution in [0.1, 0.15) is 30.1 Å². The molecular formula is C27H28N4O4. The summed E-state index contributed by atoms with van der Waals surface area (Å²) >= 11 is 0. The molecule has 0 unspecified atom stereocenters. The number of amides is 3. The maximum atomic E-state index is 12.5. The summed E-state index contributed by atoms with van der Waals surface area (Å²) in [5.41, 5.74) is 3.24. The Labute approximate surface area is 204 Å². The molecule has 3 N–H and O–H groups in total. The topological polar surface area (TPSA) is 99.8 Å². The first-order valence-electron chi connectivity index (χ1n) is 11.6. The highest BCUT2D eigenvalue weighted by Gasteiger charge is 2.23. The summed E-state index contributed by atoms with van der Waals surface area (Å²) < 4.78 is 5.40. The van der Waals surface area contributed by atoms with Gasteiger partial charge < -0.3 is 25.6 Å². The minimum atomic E-state index is -0.248. The van der Waals surface area contributed by atoms with Crippen molar-refractivity contribution in [3.05, 3.63) is 78.4 Å². The molecule has 0 bridgehead atoms. The first-order valence-corrected chi connectivity index (χ1v) is 11.6. The van der Waals surface area contributed by atoms with Gasteiger partial charge in [0.05, 0.1) is 24.5 Å². The van der Waals surface area contributed by atoms with E-state index in [9.17, 15) is 14.4 Å². The number of ether oxygens (including phenoxy) is 1. The number of hydrogen-bond donors (Lipinski definition) is 3. The van der Waals surface area contributed by atoms with Gasteiger partial charge in [-0.3, -0.25) is 14.4 Å². The van der Waals surface area contributed by atoms with E-state index in [1.165, 1.54) is 0 Å². The molecule has 180 valence electrons. The first-order chi connectivity index (χ1) is 17.0. The largest absolute Gasteiger partial charge is 0.494 e. The van der Waals surface area contributed by atoms with Gasteiger partial charge in [0.15, 0.2) is 0 Å². The molecule has 1 saturated heterocycles. The fraction of sp³-hybridized carbons (Fsp3) is 0.222. The van der Waals surface area contributed by atoms with Crippen LogP contribution in [-0.4, -0.2) is 37.4 Å². The van der Waals surface area contributed by atoms with Crippen LogP contribution in [0.2, 0.25) is 0 Å². The number of rotatable bonds is 9. The highest BCUT2D eigenvalue weighted by atomic mass is 16.5. The van der Waals surface area contributed by atoms with Crippen molar-refractivity contribution in [3.8, 4) is 5.75 Å². The molecule has 1 heterocycles. The lowest BCUT2D eigenvalue weighted by Crippen LogP contribution is -2.26. The van der Waals surface area contributed by atoms with E-state index < -0.39 is 0 Å². The number of hydrogen-bond acceptors (Lipinski definition) is 5. The minimum absolute atomic E-state index is 0.0407. The second kappa shape index (κ2) is 11.2. The van der Waals surface area contributed by atoms with Crippen molar-refractivity contribution in [2.75, 3.05) is 40.5 Å². The quantitative estimate of drug-likeness (QED) is 0.425. The average molecular weight is 473 g/mol. The van der Waals surface area contributed by atoms with E-state index in [1.54, 1.807) is 53.4 Å². The lowest BCUT2D eigenvalue weighted by molar-refractivity contribution is -0.117. The molecular weight excluding hydrogens is 444 g/mol. The van der Waals surface area contributed by atoms with Gasteiger partial charge in [0, 0.05) is 29.9 Å². The van der Waals surface area contributed by atoms with E-state index >= 15 is 0 Å². The van der Waals surface area contributed by atoms with Crippen molar-refractivity contribution < 1.29 is 19.1 Å². The van der Waals surface area contributed by atoms with Crippen LogP contribution in [0.25, 0.3) is 0 Å². The van der Waals surface area contributed by atoms with Gasteiger partial charge in [-0.05, 0) is 74.0 Å². The second-order valence-corrected chi connectivity index (χ2v) is 8.06. The number of carbonyl (C=O) groups is 3. The Morgan fingerprint density at radius 3 is 2.29 bits per heavy atom. The molecule has 3 aromatic rings. The van der Waals surface area contributed by atoms with Gasteiger partial charge in [0.25, 0.3) is 5.91 Å². The predicted octanol–water partition coefficient (Wildman–Crippen LogP) is 4.52. The number of nitrogens with zero attached hydrogens (tertiary/aromatic N) is 1. The van der Waals surface area contributed by atoms with Crippen LogP contribution < -0.4 is 25.6 Å². The number of carbonyl (C=O) groups excluding carboxylic acids is 3. The van der Waals surface area contributed by atoms with Gasteiger partial charge in [0.2, 0.25) is 11.8 Å². The predicted molar refractivity (Wildman–Crippen MR) is 137 cm³/mol. The van der Waals surface area contributed by atoms with Crippen LogP contribution in [0.4, 0.5) is 22.7 Å². The molecule has 4 rings (SSSR count). The molecule has 0 aliphatic carbocycles. The maximum Gasteiger partial charge on any atom is 0.255 e. The Hall–Kier alpha value is -4.33. The molecule has 8 heteroatoms. The molecule has 1 aliphatic heterocycles. The van der Waals surface area contributed by atoms with Gasteiger partial charge in [-0.15, -0.1) is 0 Å². The van der Waals surface area contributed by atoms with Crippen molar-refractivity contribution in [2.45, 2.75) is 19.8 Å². The van der Waals surface area contributed by atoms with E-state index in [2.05, 4.69) is 16.0 Å². The third kappa shape index (κ3) is 6.17. The summed E-state index contributed by atoms with van der Waals surface area (Å²) in [4.78, 5) is 38.8. The Bertz CT molecular complexity index is 1190. The van der Waals surface area contributed by atoms with E-state index in [4.69, 9.17) is 4.74 Å². The molecule has 35 heavy (non-hydrogen) atoms. The standard InChI is InChI=1S/C27H28N4O4/c1-2-35-22-15-13-21(14-16-22)30-27(34)19-9-11-20(12-10-19)29-25(32)18-28-23-6-3-4-7-24(23)31-17-5-8-26(31)33/h3-4,6-7,9-16,28H,2,5,8,17-18H2,1H3,(H,29,32)(H,30,34). The molecule has 1 fully saturated rings. The van der Waals surface area contributed by atoms with Crippen molar-refractivity contribution in [3.63, 3.8) is 0 Å². The third-order valence-corrected chi connectivity index (χ3v) is 5.56. The molecule has 0 atom stereocenters. The molecule has 8 nitrogen and oxygen atoms in total. The smallest absolute Gasteiger partial charge is 0.255 e. The lowest BCUT2D eigenvalue weighted by Gasteiger charge is -2.20. The normalized spacial score (nSPS) is 12.8. The fourth-order valence-electron chi connectivity index (χ4n) is 3.85.